The second-order valence-electron chi connectivity index (χ2n) is 3.78. The second-order valence-corrected chi connectivity index (χ2v) is 3.78. The Balaban J connectivity index is 2.13. The van der Waals surface area contributed by atoms with Gasteiger partial charge in [-0.25, -0.2) is 4.98 Å². The van der Waals surface area contributed by atoms with E-state index in [0.29, 0.717) is 12.2 Å². The number of rotatable bonds is 3. The monoisotopic (exact) mass is 227 g/mol. The third-order valence-corrected chi connectivity index (χ3v) is 2.50. The summed E-state index contributed by atoms with van der Waals surface area (Å²) in [6.07, 6.45) is 3.57. The summed E-state index contributed by atoms with van der Waals surface area (Å²) in [6.45, 7) is 2.60. The van der Waals surface area contributed by atoms with Gasteiger partial charge in [0.1, 0.15) is 6.07 Å². The zero-order valence-corrected chi connectivity index (χ0v) is 9.81. The van der Waals surface area contributed by atoms with E-state index in [9.17, 15) is 0 Å². The lowest BCUT2D eigenvalue weighted by Gasteiger charge is -2.06. The van der Waals surface area contributed by atoms with Crippen molar-refractivity contribution in [1.29, 1.82) is 5.26 Å². The van der Waals surface area contributed by atoms with Crippen LogP contribution in [0.4, 0.5) is 5.69 Å². The van der Waals surface area contributed by atoms with E-state index >= 15 is 0 Å². The Morgan fingerprint density at radius 2 is 2.35 bits per heavy atom. The Bertz CT molecular complexity index is 565. The molecule has 0 aliphatic rings. The minimum atomic E-state index is 0.411. The van der Waals surface area contributed by atoms with Gasteiger partial charge in [-0.3, -0.25) is 4.68 Å². The molecule has 2 aromatic heterocycles. The number of hydrogen-bond acceptors (Lipinski definition) is 4. The Kier molecular flexibility index (Phi) is 3.06. The summed E-state index contributed by atoms with van der Waals surface area (Å²) in [5.74, 6) is 0. The van der Waals surface area contributed by atoms with Crippen molar-refractivity contribution in [2.24, 2.45) is 7.05 Å². The predicted molar refractivity (Wildman–Crippen MR) is 64.2 cm³/mol. The van der Waals surface area contributed by atoms with Crippen LogP contribution in [0.3, 0.4) is 0 Å². The first-order valence-corrected chi connectivity index (χ1v) is 5.29. The van der Waals surface area contributed by atoms with E-state index < -0.39 is 0 Å². The van der Waals surface area contributed by atoms with Gasteiger partial charge in [-0.2, -0.15) is 10.4 Å². The van der Waals surface area contributed by atoms with Crippen molar-refractivity contribution in [3.05, 3.63) is 41.5 Å². The molecule has 2 aromatic rings. The molecular weight excluding hydrogens is 214 g/mol. The number of aryl methyl sites for hydroxylation is 2. The molecule has 17 heavy (non-hydrogen) atoms. The fourth-order valence-electron chi connectivity index (χ4n) is 1.65. The molecule has 0 amide bonds. The van der Waals surface area contributed by atoms with Crippen LogP contribution in [-0.2, 0) is 13.6 Å². The molecule has 0 bridgehead atoms. The van der Waals surface area contributed by atoms with Gasteiger partial charge in [0.25, 0.3) is 0 Å². The molecule has 0 unspecified atom stereocenters. The number of hydrogen-bond donors (Lipinski definition) is 1. The molecule has 0 radical (unpaired) electrons. The third kappa shape index (κ3) is 2.42. The average molecular weight is 227 g/mol. The normalized spacial score (nSPS) is 9.94. The van der Waals surface area contributed by atoms with Crippen LogP contribution in [0, 0.1) is 18.3 Å². The topological polar surface area (TPSA) is 66.5 Å². The highest BCUT2D eigenvalue weighted by Gasteiger charge is 2.05. The standard InChI is InChI=1S/C12H13N5/c1-9-10(8-17(2)16-9)7-15-11-4-3-5-14-12(11)6-13/h3-5,8,15H,7H2,1-2H3. The van der Waals surface area contributed by atoms with E-state index in [0.717, 1.165) is 16.9 Å². The lowest BCUT2D eigenvalue weighted by Crippen LogP contribution is -2.02. The molecule has 86 valence electrons. The molecule has 2 rings (SSSR count). The Hall–Kier alpha value is -2.35. The Morgan fingerprint density at radius 3 is 3.00 bits per heavy atom. The van der Waals surface area contributed by atoms with Crippen molar-refractivity contribution in [3.63, 3.8) is 0 Å². The number of pyridine rings is 1. The average Bonchev–Trinajstić information content (AvgIpc) is 2.65. The molecule has 0 aliphatic heterocycles. The van der Waals surface area contributed by atoms with E-state index in [1.165, 1.54) is 0 Å². The molecule has 0 spiro atoms. The van der Waals surface area contributed by atoms with Gasteiger partial charge in [0.05, 0.1) is 11.4 Å². The second kappa shape index (κ2) is 4.66. The summed E-state index contributed by atoms with van der Waals surface area (Å²) >= 11 is 0. The van der Waals surface area contributed by atoms with Gasteiger partial charge < -0.3 is 5.32 Å². The van der Waals surface area contributed by atoms with Gasteiger partial charge in [-0.1, -0.05) is 0 Å². The molecule has 0 saturated heterocycles. The summed E-state index contributed by atoms with van der Waals surface area (Å²) < 4.78 is 1.78. The Labute approximate surface area is 99.7 Å². The van der Waals surface area contributed by atoms with E-state index in [1.807, 2.05) is 26.2 Å². The zero-order valence-electron chi connectivity index (χ0n) is 9.81. The molecule has 1 N–H and O–H groups in total. The zero-order chi connectivity index (χ0) is 12.3. The van der Waals surface area contributed by atoms with Crippen molar-refractivity contribution in [3.8, 4) is 6.07 Å². The largest absolute Gasteiger partial charge is 0.378 e. The minimum Gasteiger partial charge on any atom is -0.378 e. The maximum atomic E-state index is 8.91. The smallest absolute Gasteiger partial charge is 0.163 e. The highest BCUT2D eigenvalue weighted by molar-refractivity contribution is 5.53. The van der Waals surface area contributed by atoms with Crippen LogP contribution < -0.4 is 5.32 Å². The minimum absolute atomic E-state index is 0.411. The number of aromatic nitrogens is 3. The van der Waals surface area contributed by atoms with Gasteiger partial charge in [0.2, 0.25) is 0 Å². The lowest BCUT2D eigenvalue weighted by molar-refractivity contribution is 0.756. The molecule has 0 aliphatic carbocycles. The molecular formula is C12H13N5. The molecule has 5 nitrogen and oxygen atoms in total. The fourth-order valence-corrected chi connectivity index (χ4v) is 1.65. The molecule has 0 saturated carbocycles. The van der Waals surface area contributed by atoms with E-state index in [1.54, 1.807) is 16.9 Å². The van der Waals surface area contributed by atoms with Crippen molar-refractivity contribution < 1.29 is 0 Å². The van der Waals surface area contributed by atoms with Crippen LogP contribution in [0.1, 0.15) is 17.0 Å². The lowest BCUT2D eigenvalue weighted by atomic mass is 10.2. The fraction of sp³-hybridized carbons (Fsp3) is 0.250. The van der Waals surface area contributed by atoms with Crippen LogP contribution in [0.5, 0.6) is 0 Å². The highest BCUT2D eigenvalue weighted by atomic mass is 15.2. The van der Waals surface area contributed by atoms with Gasteiger partial charge in [-0.15, -0.1) is 0 Å². The number of nitrogens with one attached hydrogen (secondary N) is 1. The van der Waals surface area contributed by atoms with Gasteiger partial charge >= 0.3 is 0 Å². The summed E-state index contributed by atoms with van der Waals surface area (Å²) in [6, 6.07) is 5.71. The van der Waals surface area contributed by atoms with E-state index in [-0.39, 0.29) is 0 Å². The number of anilines is 1. The predicted octanol–water partition coefficient (Wildman–Crippen LogP) is 1.61. The Morgan fingerprint density at radius 1 is 1.53 bits per heavy atom. The maximum Gasteiger partial charge on any atom is 0.163 e. The van der Waals surface area contributed by atoms with Gasteiger partial charge in [-0.05, 0) is 19.1 Å². The molecule has 2 heterocycles. The van der Waals surface area contributed by atoms with Gasteiger partial charge in [0.15, 0.2) is 5.69 Å². The number of nitrogens with zero attached hydrogens (tertiary/aromatic N) is 4. The van der Waals surface area contributed by atoms with E-state index in [2.05, 4.69) is 21.5 Å². The van der Waals surface area contributed by atoms with Crippen molar-refractivity contribution in [2.45, 2.75) is 13.5 Å². The summed E-state index contributed by atoms with van der Waals surface area (Å²) in [4.78, 5) is 3.99. The van der Waals surface area contributed by atoms with E-state index in [4.69, 9.17) is 5.26 Å². The summed E-state index contributed by atoms with van der Waals surface area (Å²) in [5, 5.41) is 16.4. The van der Waals surface area contributed by atoms with Crippen molar-refractivity contribution in [1.82, 2.24) is 14.8 Å². The molecule has 5 heteroatoms. The van der Waals surface area contributed by atoms with Crippen LogP contribution in [0.2, 0.25) is 0 Å². The van der Waals surface area contributed by atoms with Crippen LogP contribution in [0.15, 0.2) is 24.5 Å². The van der Waals surface area contributed by atoms with Crippen LogP contribution in [-0.4, -0.2) is 14.8 Å². The van der Waals surface area contributed by atoms with Crippen LogP contribution >= 0.6 is 0 Å². The SMILES string of the molecule is Cc1nn(C)cc1CNc1cccnc1C#N. The van der Waals surface area contributed by atoms with Crippen molar-refractivity contribution >= 4 is 5.69 Å². The first kappa shape index (κ1) is 11.1. The van der Waals surface area contributed by atoms with Crippen LogP contribution in [0.25, 0.3) is 0 Å². The summed E-state index contributed by atoms with van der Waals surface area (Å²) in [7, 11) is 1.89. The quantitative estimate of drug-likeness (QED) is 0.865. The maximum absolute atomic E-state index is 8.91. The first-order valence-electron chi connectivity index (χ1n) is 5.29. The molecule has 0 aromatic carbocycles. The highest BCUT2D eigenvalue weighted by Crippen LogP contribution is 2.13. The third-order valence-electron chi connectivity index (χ3n) is 2.50. The molecule has 0 fully saturated rings. The summed E-state index contributed by atoms with van der Waals surface area (Å²) in [5.41, 5.74) is 3.26. The van der Waals surface area contributed by atoms with Gasteiger partial charge in [0, 0.05) is 31.5 Å². The molecule has 0 atom stereocenters. The van der Waals surface area contributed by atoms with Crippen molar-refractivity contribution in [2.75, 3.05) is 5.32 Å². The number of nitriles is 1. The first-order chi connectivity index (χ1) is 8.20.